The zero-order valence-corrected chi connectivity index (χ0v) is 11.0. The van der Waals surface area contributed by atoms with Crippen LogP contribution in [0, 0.1) is 0 Å². The predicted octanol–water partition coefficient (Wildman–Crippen LogP) is 1.82. The highest BCUT2D eigenvalue weighted by Crippen LogP contribution is 2.19. The minimum absolute atomic E-state index is 0.205. The normalized spacial score (nSPS) is 13.6. The number of rotatable bonds is 6. The molecule has 0 aromatic heterocycles. The molecule has 0 aliphatic heterocycles. The topological polar surface area (TPSA) is 66.4 Å². The Balaban J connectivity index is 2.99. The van der Waals surface area contributed by atoms with Gasteiger partial charge in [0.15, 0.2) is 0 Å². The summed E-state index contributed by atoms with van der Waals surface area (Å²) in [5, 5.41) is 9.68. The molecule has 1 unspecified atom stereocenters. The number of hydrogen-bond acceptors (Lipinski definition) is 3. The SMILES string of the molecule is CCCNS(=O)(=O)c1cccc(C(O)CC)c1. The van der Waals surface area contributed by atoms with E-state index in [-0.39, 0.29) is 4.90 Å². The van der Waals surface area contributed by atoms with Gasteiger partial charge < -0.3 is 5.11 Å². The van der Waals surface area contributed by atoms with Crippen LogP contribution in [-0.2, 0) is 10.0 Å². The first kappa shape index (κ1) is 14.2. The van der Waals surface area contributed by atoms with E-state index >= 15 is 0 Å². The highest BCUT2D eigenvalue weighted by atomic mass is 32.2. The Morgan fingerprint density at radius 3 is 2.65 bits per heavy atom. The van der Waals surface area contributed by atoms with E-state index in [0.717, 1.165) is 6.42 Å². The lowest BCUT2D eigenvalue weighted by molar-refractivity contribution is 0.173. The van der Waals surface area contributed by atoms with Crippen LogP contribution in [0.4, 0.5) is 0 Å². The van der Waals surface area contributed by atoms with Gasteiger partial charge in [-0.2, -0.15) is 0 Å². The number of aliphatic hydroxyl groups excluding tert-OH is 1. The summed E-state index contributed by atoms with van der Waals surface area (Å²) in [6, 6.07) is 6.43. The zero-order valence-electron chi connectivity index (χ0n) is 10.2. The highest BCUT2D eigenvalue weighted by Gasteiger charge is 2.14. The summed E-state index contributed by atoms with van der Waals surface area (Å²) in [5.74, 6) is 0. The van der Waals surface area contributed by atoms with Gasteiger partial charge >= 0.3 is 0 Å². The molecule has 0 aliphatic rings. The molecule has 0 spiro atoms. The number of aliphatic hydroxyl groups is 1. The number of benzene rings is 1. The Bertz CT molecular complexity index is 457. The van der Waals surface area contributed by atoms with Crippen molar-refractivity contribution in [3.63, 3.8) is 0 Å². The first-order chi connectivity index (χ1) is 8.01. The Kier molecular flexibility index (Phi) is 5.11. The molecule has 4 nitrogen and oxygen atoms in total. The van der Waals surface area contributed by atoms with Gasteiger partial charge in [0, 0.05) is 6.54 Å². The quantitative estimate of drug-likeness (QED) is 0.817. The lowest BCUT2D eigenvalue weighted by Gasteiger charge is -2.10. The fourth-order valence-corrected chi connectivity index (χ4v) is 2.63. The van der Waals surface area contributed by atoms with Crippen molar-refractivity contribution in [1.29, 1.82) is 0 Å². The van der Waals surface area contributed by atoms with Gasteiger partial charge in [-0.05, 0) is 30.5 Å². The van der Waals surface area contributed by atoms with Crippen molar-refractivity contribution in [2.45, 2.75) is 37.7 Å². The first-order valence-corrected chi connectivity index (χ1v) is 7.27. The van der Waals surface area contributed by atoms with Crippen LogP contribution < -0.4 is 4.72 Å². The molecular formula is C12H19NO3S. The van der Waals surface area contributed by atoms with Crippen molar-refractivity contribution in [3.8, 4) is 0 Å². The van der Waals surface area contributed by atoms with Crippen LogP contribution in [0.1, 0.15) is 38.4 Å². The largest absolute Gasteiger partial charge is 0.388 e. The predicted molar refractivity (Wildman–Crippen MR) is 67.2 cm³/mol. The number of nitrogens with one attached hydrogen (secondary N) is 1. The molecule has 0 fully saturated rings. The average molecular weight is 257 g/mol. The van der Waals surface area contributed by atoms with Gasteiger partial charge in [-0.15, -0.1) is 0 Å². The maximum atomic E-state index is 11.9. The molecule has 0 amide bonds. The fraction of sp³-hybridized carbons (Fsp3) is 0.500. The first-order valence-electron chi connectivity index (χ1n) is 5.79. The van der Waals surface area contributed by atoms with E-state index in [4.69, 9.17) is 0 Å². The average Bonchev–Trinajstić information content (AvgIpc) is 2.35. The summed E-state index contributed by atoms with van der Waals surface area (Å²) >= 11 is 0. The van der Waals surface area contributed by atoms with Gasteiger partial charge in [0.2, 0.25) is 10.0 Å². The second-order valence-electron chi connectivity index (χ2n) is 3.89. The van der Waals surface area contributed by atoms with Gasteiger partial charge in [0.1, 0.15) is 0 Å². The molecule has 0 saturated carbocycles. The van der Waals surface area contributed by atoms with Crippen LogP contribution >= 0.6 is 0 Å². The van der Waals surface area contributed by atoms with Crippen molar-refractivity contribution < 1.29 is 13.5 Å². The fourth-order valence-electron chi connectivity index (χ4n) is 1.44. The number of hydrogen-bond donors (Lipinski definition) is 2. The molecule has 1 rings (SSSR count). The van der Waals surface area contributed by atoms with Crippen LogP contribution in [0.15, 0.2) is 29.2 Å². The van der Waals surface area contributed by atoms with E-state index in [2.05, 4.69) is 4.72 Å². The molecule has 2 N–H and O–H groups in total. The lowest BCUT2D eigenvalue weighted by atomic mass is 10.1. The summed E-state index contributed by atoms with van der Waals surface area (Å²) in [4.78, 5) is 0.205. The summed E-state index contributed by atoms with van der Waals surface area (Å²) in [7, 11) is -3.45. The maximum absolute atomic E-state index is 11.9. The third-order valence-electron chi connectivity index (χ3n) is 2.48. The molecule has 0 heterocycles. The van der Waals surface area contributed by atoms with Gasteiger partial charge in [-0.1, -0.05) is 26.0 Å². The summed E-state index contributed by atoms with van der Waals surface area (Å²) in [6.07, 6.45) is 0.693. The molecule has 0 saturated heterocycles. The Labute approximate surface area is 103 Å². The number of sulfonamides is 1. The minimum atomic E-state index is -3.45. The van der Waals surface area contributed by atoms with E-state index < -0.39 is 16.1 Å². The van der Waals surface area contributed by atoms with Crippen molar-refractivity contribution >= 4 is 10.0 Å². The van der Waals surface area contributed by atoms with E-state index in [1.165, 1.54) is 12.1 Å². The Morgan fingerprint density at radius 1 is 1.35 bits per heavy atom. The Hall–Kier alpha value is -0.910. The van der Waals surface area contributed by atoms with Gasteiger partial charge in [-0.3, -0.25) is 0 Å². The van der Waals surface area contributed by atoms with E-state index in [1.807, 2.05) is 13.8 Å². The van der Waals surface area contributed by atoms with Crippen LogP contribution in [0.5, 0.6) is 0 Å². The molecule has 96 valence electrons. The van der Waals surface area contributed by atoms with Crippen LogP contribution in [0.3, 0.4) is 0 Å². The zero-order chi connectivity index (χ0) is 12.9. The molecule has 17 heavy (non-hydrogen) atoms. The van der Waals surface area contributed by atoms with Crippen LogP contribution in [0.25, 0.3) is 0 Å². The highest BCUT2D eigenvalue weighted by molar-refractivity contribution is 7.89. The maximum Gasteiger partial charge on any atom is 0.240 e. The van der Waals surface area contributed by atoms with Crippen molar-refractivity contribution in [2.24, 2.45) is 0 Å². The monoisotopic (exact) mass is 257 g/mol. The molecule has 5 heteroatoms. The third kappa shape index (κ3) is 3.80. The summed E-state index contributed by atoms with van der Waals surface area (Å²) < 4.78 is 26.2. The molecule has 0 aliphatic carbocycles. The molecular weight excluding hydrogens is 238 g/mol. The smallest absolute Gasteiger partial charge is 0.240 e. The second-order valence-corrected chi connectivity index (χ2v) is 5.66. The lowest BCUT2D eigenvalue weighted by Crippen LogP contribution is -2.24. The molecule has 0 bridgehead atoms. The third-order valence-corrected chi connectivity index (χ3v) is 3.94. The van der Waals surface area contributed by atoms with Gasteiger partial charge in [0.05, 0.1) is 11.0 Å². The molecule has 0 radical (unpaired) electrons. The standard InChI is InChI=1S/C12H19NO3S/c1-3-8-13-17(15,16)11-7-5-6-10(9-11)12(14)4-2/h5-7,9,12-14H,3-4,8H2,1-2H3. The van der Waals surface area contributed by atoms with Crippen molar-refractivity contribution in [1.82, 2.24) is 4.72 Å². The van der Waals surface area contributed by atoms with E-state index in [1.54, 1.807) is 12.1 Å². The summed E-state index contributed by atoms with van der Waals surface area (Å²) in [5.41, 5.74) is 0.631. The van der Waals surface area contributed by atoms with Crippen LogP contribution in [-0.4, -0.2) is 20.1 Å². The van der Waals surface area contributed by atoms with Gasteiger partial charge in [-0.25, -0.2) is 13.1 Å². The summed E-state index contributed by atoms with van der Waals surface area (Å²) in [6.45, 7) is 4.17. The Morgan fingerprint density at radius 2 is 2.06 bits per heavy atom. The molecule has 1 aromatic carbocycles. The molecule has 1 aromatic rings. The molecule has 1 atom stereocenters. The van der Waals surface area contributed by atoms with Crippen molar-refractivity contribution in [3.05, 3.63) is 29.8 Å². The van der Waals surface area contributed by atoms with Crippen LogP contribution in [0.2, 0.25) is 0 Å². The second kappa shape index (κ2) is 6.14. The van der Waals surface area contributed by atoms with E-state index in [0.29, 0.717) is 18.5 Å². The van der Waals surface area contributed by atoms with E-state index in [9.17, 15) is 13.5 Å². The van der Waals surface area contributed by atoms with Crippen molar-refractivity contribution in [2.75, 3.05) is 6.54 Å². The minimum Gasteiger partial charge on any atom is -0.388 e. The van der Waals surface area contributed by atoms with Gasteiger partial charge in [0.25, 0.3) is 0 Å².